The Morgan fingerprint density at radius 1 is 1.38 bits per heavy atom. The zero-order valence-corrected chi connectivity index (χ0v) is 8.16. The zero-order chi connectivity index (χ0) is 9.68. The first-order chi connectivity index (χ1) is 6.26. The summed E-state index contributed by atoms with van der Waals surface area (Å²) in [6, 6.07) is 7.80. The molecule has 0 aliphatic heterocycles. The Kier molecular flexibility index (Phi) is 3.77. The van der Waals surface area contributed by atoms with Crippen LogP contribution in [-0.4, -0.2) is 11.4 Å². The molecule has 1 rings (SSSR count). The lowest BCUT2D eigenvalue weighted by Crippen LogP contribution is -2.13. The van der Waals surface area contributed by atoms with E-state index in [1.165, 1.54) is 5.56 Å². The number of aryl methyl sites for hydroxylation is 1. The summed E-state index contributed by atoms with van der Waals surface area (Å²) >= 11 is 0. The molecular formula is C11H16O2. The Labute approximate surface area is 79.2 Å². The maximum absolute atomic E-state index is 9.25. The highest BCUT2D eigenvalue weighted by molar-refractivity contribution is 5.28. The molecule has 2 heteroatoms. The minimum Gasteiger partial charge on any atom is -0.465 e. The van der Waals surface area contributed by atoms with Crippen LogP contribution in [0.4, 0.5) is 0 Å². The van der Waals surface area contributed by atoms with E-state index in [-0.39, 0.29) is 0 Å². The SMILES string of the molecule is CCc1cccc(OC(O)CC)c1. The van der Waals surface area contributed by atoms with E-state index in [1.807, 2.05) is 31.2 Å². The third-order valence-electron chi connectivity index (χ3n) is 1.93. The molecule has 0 bridgehead atoms. The van der Waals surface area contributed by atoms with E-state index in [9.17, 15) is 5.11 Å². The van der Waals surface area contributed by atoms with Gasteiger partial charge in [0, 0.05) is 6.42 Å². The van der Waals surface area contributed by atoms with Crippen molar-refractivity contribution in [1.82, 2.24) is 0 Å². The van der Waals surface area contributed by atoms with Gasteiger partial charge in [-0.2, -0.15) is 0 Å². The Morgan fingerprint density at radius 3 is 2.77 bits per heavy atom. The summed E-state index contributed by atoms with van der Waals surface area (Å²) in [5.41, 5.74) is 1.22. The van der Waals surface area contributed by atoms with Gasteiger partial charge < -0.3 is 9.84 Å². The lowest BCUT2D eigenvalue weighted by atomic mass is 10.2. The van der Waals surface area contributed by atoms with E-state index in [4.69, 9.17) is 4.74 Å². The molecule has 1 atom stereocenters. The van der Waals surface area contributed by atoms with E-state index >= 15 is 0 Å². The van der Waals surface area contributed by atoms with E-state index < -0.39 is 6.29 Å². The fourth-order valence-electron chi connectivity index (χ4n) is 1.08. The summed E-state index contributed by atoms with van der Waals surface area (Å²) in [6.07, 6.45) is 0.905. The number of benzene rings is 1. The van der Waals surface area contributed by atoms with Gasteiger partial charge in [0.1, 0.15) is 5.75 Å². The van der Waals surface area contributed by atoms with Gasteiger partial charge in [-0.15, -0.1) is 0 Å². The molecule has 0 radical (unpaired) electrons. The third-order valence-corrected chi connectivity index (χ3v) is 1.93. The number of ether oxygens (including phenoxy) is 1. The molecule has 0 heterocycles. The van der Waals surface area contributed by atoms with Gasteiger partial charge in [-0.25, -0.2) is 0 Å². The summed E-state index contributed by atoms with van der Waals surface area (Å²) in [5, 5.41) is 9.25. The second kappa shape index (κ2) is 4.87. The molecule has 0 fully saturated rings. The topological polar surface area (TPSA) is 29.5 Å². The molecule has 1 aromatic carbocycles. The zero-order valence-electron chi connectivity index (χ0n) is 8.16. The summed E-state index contributed by atoms with van der Waals surface area (Å²) in [7, 11) is 0. The summed E-state index contributed by atoms with van der Waals surface area (Å²) in [5.74, 6) is 0.744. The predicted molar refractivity (Wildman–Crippen MR) is 52.7 cm³/mol. The maximum Gasteiger partial charge on any atom is 0.197 e. The first-order valence-electron chi connectivity index (χ1n) is 4.70. The van der Waals surface area contributed by atoms with Crippen LogP contribution in [0, 0.1) is 0 Å². The van der Waals surface area contributed by atoms with Crippen molar-refractivity contribution < 1.29 is 9.84 Å². The minimum atomic E-state index is -0.688. The van der Waals surface area contributed by atoms with Crippen LogP contribution in [0.3, 0.4) is 0 Å². The van der Waals surface area contributed by atoms with Gasteiger partial charge in [0.15, 0.2) is 6.29 Å². The lowest BCUT2D eigenvalue weighted by Gasteiger charge is -2.11. The van der Waals surface area contributed by atoms with Crippen molar-refractivity contribution in [2.24, 2.45) is 0 Å². The number of aliphatic hydroxyl groups is 1. The van der Waals surface area contributed by atoms with Crippen molar-refractivity contribution in [1.29, 1.82) is 0 Å². The molecule has 2 nitrogen and oxygen atoms in total. The second-order valence-electron chi connectivity index (χ2n) is 2.98. The highest BCUT2D eigenvalue weighted by Crippen LogP contribution is 2.15. The van der Waals surface area contributed by atoms with E-state index in [1.54, 1.807) is 0 Å². The van der Waals surface area contributed by atoms with Crippen LogP contribution in [-0.2, 0) is 6.42 Å². The molecule has 0 aliphatic carbocycles. The van der Waals surface area contributed by atoms with Crippen molar-refractivity contribution >= 4 is 0 Å². The van der Waals surface area contributed by atoms with Crippen LogP contribution in [0.25, 0.3) is 0 Å². The summed E-state index contributed by atoms with van der Waals surface area (Å²) in [4.78, 5) is 0. The number of hydrogen-bond acceptors (Lipinski definition) is 2. The van der Waals surface area contributed by atoms with Crippen LogP contribution in [0.1, 0.15) is 25.8 Å². The van der Waals surface area contributed by atoms with Crippen LogP contribution < -0.4 is 4.74 Å². The second-order valence-corrected chi connectivity index (χ2v) is 2.98. The van der Waals surface area contributed by atoms with Gasteiger partial charge in [-0.3, -0.25) is 0 Å². The van der Waals surface area contributed by atoms with Gasteiger partial charge in [0.05, 0.1) is 0 Å². The Balaban J connectivity index is 2.66. The monoisotopic (exact) mass is 180 g/mol. The van der Waals surface area contributed by atoms with Crippen molar-refractivity contribution in [3.8, 4) is 5.75 Å². The molecule has 13 heavy (non-hydrogen) atoms. The maximum atomic E-state index is 9.25. The predicted octanol–water partition coefficient (Wildman–Crippen LogP) is 2.36. The van der Waals surface area contributed by atoms with Crippen LogP contribution >= 0.6 is 0 Å². The van der Waals surface area contributed by atoms with Gasteiger partial charge in [0.25, 0.3) is 0 Å². The molecule has 0 aromatic heterocycles. The van der Waals surface area contributed by atoms with Gasteiger partial charge in [-0.1, -0.05) is 26.0 Å². The van der Waals surface area contributed by atoms with E-state index in [0.717, 1.165) is 12.2 Å². The number of rotatable bonds is 4. The normalized spacial score (nSPS) is 12.5. The molecule has 1 unspecified atom stereocenters. The Morgan fingerprint density at radius 2 is 2.15 bits per heavy atom. The van der Waals surface area contributed by atoms with Crippen molar-refractivity contribution in [3.05, 3.63) is 29.8 Å². The first kappa shape index (κ1) is 10.1. The largest absolute Gasteiger partial charge is 0.465 e. The minimum absolute atomic E-state index is 0.607. The quantitative estimate of drug-likeness (QED) is 0.721. The van der Waals surface area contributed by atoms with Crippen LogP contribution in [0.5, 0.6) is 5.75 Å². The van der Waals surface area contributed by atoms with Gasteiger partial charge in [0.2, 0.25) is 0 Å². The molecular weight excluding hydrogens is 164 g/mol. The highest BCUT2D eigenvalue weighted by atomic mass is 16.6. The fraction of sp³-hybridized carbons (Fsp3) is 0.455. The molecule has 0 aliphatic rings. The van der Waals surface area contributed by atoms with Gasteiger partial charge in [-0.05, 0) is 24.1 Å². The van der Waals surface area contributed by atoms with Gasteiger partial charge >= 0.3 is 0 Å². The molecule has 0 amide bonds. The third kappa shape index (κ3) is 3.07. The van der Waals surface area contributed by atoms with Crippen molar-refractivity contribution in [3.63, 3.8) is 0 Å². The van der Waals surface area contributed by atoms with Crippen molar-refractivity contribution in [2.75, 3.05) is 0 Å². The van der Waals surface area contributed by atoms with E-state index in [2.05, 4.69) is 6.92 Å². The average molecular weight is 180 g/mol. The molecule has 0 saturated carbocycles. The van der Waals surface area contributed by atoms with Crippen LogP contribution in [0.2, 0.25) is 0 Å². The fourth-order valence-corrected chi connectivity index (χ4v) is 1.08. The summed E-state index contributed by atoms with van der Waals surface area (Å²) < 4.78 is 5.26. The Hall–Kier alpha value is -1.02. The summed E-state index contributed by atoms with van der Waals surface area (Å²) in [6.45, 7) is 3.98. The molecule has 0 spiro atoms. The number of aliphatic hydroxyl groups excluding tert-OH is 1. The first-order valence-corrected chi connectivity index (χ1v) is 4.70. The van der Waals surface area contributed by atoms with E-state index in [0.29, 0.717) is 6.42 Å². The molecule has 1 aromatic rings. The average Bonchev–Trinajstić information content (AvgIpc) is 2.18. The molecule has 72 valence electrons. The Bertz CT molecular complexity index is 258. The van der Waals surface area contributed by atoms with Crippen LogP contribution in [0.15, 0.2) is 24.3 Å². The number of hydrogen-bond donors (Lipinski definition) is 1. The highest BCUT2D eigenvalue weighted by Gasteiger charge is 2.01. The molecule has 0 saturated heterocycles. The standard InChI is InChI=1S/C11H16O2/c1-3-9-6-5-7-10(8-9)13-11(12)4-2/h5-8,11-12H,3-4H2,1-2H3. The van der Waals surface area contributed by atoms with Crippen molar-refractivity contribution in [2.45, 2.75) is 33.0 Å². The smallest absolute Gasteiger partial charge is 0.197 e. The molecule has 1 N–H and O–H groups in total. The lowest BCUT2D eigenvalue weighted by molar-refractivity contribution is -0.0191.